The van der Waals surface area contributed by atoms with Crippen molar-refractivity contribution >= 4 is 39.5 Å². The van der Waals surface area contributed by atoms with Crippen LogP contribution in [0.15, 0.2) is 122 Å². The number of allylic oxidation sites excluding steroid dienone is 20. The highest BCUT2D eigenvalue weighted by molar-refractivity contribution is 7.47. The zero-order chi connectivity index (χ0) is 71.8. The Bertz CT molecular complexity index is 2340. The lowest BCUT2D eigenvalue weighted by atomic mass is 10.1. The summed E-state index contributed by atoms with van der Waals surface area (Å²) in [6.07, 6.45) is 76.3. The Labute approximate surface area is 593 Å². The largest absolute Gasteiger partial charge is 0.472 e. The second-order valence-corrected chi connectivity index (χ2v) is 27.7. The molecular weight excluding hydrogens is 1280 g/mol. The van der Waals surface area contributed by atoms with Crippen molar-refractivity contribution in [3.63, 3.8) is 0 Å². The van der Waals surface area contributed by atoms with Crippen LogP contribution in [0.1, 0.15) is 297 Å². The Hall–Kier alpha value is -4.54. The highest BCUT2D eigenvalue weighted by Crippen LogP contribution is 2.45. The molecule has 0 saturated carbocycles. The first-order valence-corrected chi connectivity index (χ1v) is 40.8. The predicted octanol–water partition coefficient (Wildman–Crippen LogP) is 21.6. The molecule has 0 bridgehead atoms. The van der Waals surface area contributed by atoms with Gasteiger partial charge in [0.05, 0.1) is 26.4 Å². The normalized spacial score (nSPS) is 14.6. The first kappa shape index (κ1) is 93.5. The molecule has 98 heavy (non-hydrogen) atoms. The molecule has 0 aliphatic heterocycles. The van der Waals surface area contributed by atoms with Crippen molar-refractivity contribution in [2.24, 2.45) is 0 Å². The van der Waals surface area contributed by atoms with Gasteiger partial charge in [-0.25, -0.2) is 9.13 Å². The highest BCUT2D eigenvalue weighted by atomic mass is 31.2. The van der Waals surface area contributed by atoms with Gasteiger partial charge in [0.25, 0.3) is 0 Å². The van der Waals surface area contributed by atoms with Gasteiger partial charge in [0.15, 0.2) is 12.2 Å². The van der Waals surface area contributed by atoms with E-state index in [0.29, 0.717) is 25.7 Å². The van der Waals surface area contributed by atoms with Crippen molar-refractivity contribution in [2.75, 3.05) is 39.6 Å². The predicted molar refractivity (Wildman–Crippen MR) is 399 cm³/mol. The van der Waals surface area contributed by atoms with Crippen LogP contribution in [-0.4, -0.2) is 96.7 Å². The van der Waals surface area contributed by atoms with Gasteiger partial charge in [0.2, 0.25) is 0 Å². The number of aliphatic hydroxyl groups excluding tert-OH is 1. The smallest absolute Gasteiger partial charge is 0.462 e. The topological polar surface area (TPSA) is 237 Å². The molecule has 17 nitrogen and oxygen atoms in total. The lowest BCUT2D eigenvalue weighted by molar-refractivity contribution is -0.161. The van der Waals surface area contributed by atoms with Crippen LogP contribution in [0.4, 0.5) is 0 Å². The molecule has 0 aromatic rings. The summed E-state index contributed by atoms with van der Waals surface area (Å²) in [5, 5.41) is 10.6. The van der Waals surface area contributed by atoms with Gasteiger partial charge in [-0.2, -0.15) is 0 Å². The first-order valence-electron chi connectivity index (χ1n) is 37.8. The summed E-state index contributed by atoms with van der Waals surface area (Å²) in [7, 11) is -9.96. The van der Waals surface area contributed by atoms with E-state index in [9.17, 15) is 43.2 Å². The van der Waals surface area contributed by atoms with E-state index in [4.69, 9.17) is 37.0 Å². The minimum absolute atomic E-state index is 0.0766. The maximum atomic E-state index is 13.1. The third kappa shape index (κ3) is 69.9. The first-order chi connectivity index (χ1) is 47.7. The fraction of sp³-hybridized carbons (Fsp3) is 0.696. The molecule has 5 atom stereocenters. The molecule has 0 fully saturated rings. The van der Waals surface area contributed by atoms with Crippen LogP contribution in [0.5, 0.6) is 0 Å². The summed E-state index contributed by atoms with van der Waals surface area (Å²) >= 11 is 0. The van der Waals surface area contributed by atoms with Gasteiger partial charge in [-0.05, 0) is 128 Å². The third-order valence-corrected chi connectivity index (χ3v) is 17.3. The number of phosphoric ester groups is 2. The zero-order valence-corrected chi connectivity index (χ0v) is 63.0. The maximum absolute atomic E-state index is 13.1. The molecule has 19 heteroatoms. The van der Waals surface area contributed by atoms with E-state index in [-0.39, 0.29) is 25.7 Å². The maximum Gasteiger partial charge on any atom is 0.472 e. The Morgan fingerprint density at radius 3 is 0.867 bits per heavy atom. The van der Waals surface area contributed by atoms with Crippen molar-refractivity contribution < 1.29 is 80.2 Å². The number of rotatable bonds is 70. The molecule has 5 unspecified atom stereocenters. The lowest BCUT2D eigenvalue weighted by Gasteiger charge is -2.21. The van der Waals surface area contributed by atoms with Crippen molar-refractivity contribution in [3.05, 3.63) is 122 Å². The number of hydrogen-bond donors (Lipinski definition) is 3. The number of carbonyl (C=O) groups excluding carboxylic acids is 4. The molecular formula is C79H134O17P2. The quantitative estimate of drug-likeness (QED) is 0.0169. The third-order valence-electron chi connectivity index (χ3n) is 15.4. The van der Waals surface area contributed by atoms with Crippen LogP contribution in [0, 0.1) is 0 Å². The molecule has 0 radical (unpaired) electrons. The Balaban J connectivity index is 5.33. The number of hydrogen-bond acceptors (Lipinski definition) is 15. The average Bonchev–Trinajstić information content (AvgIpc) is 1.03. The SMILES string of the molecule is CC/C=C\C/C=C\C/C=C\C/C=C\C/C=C\CCCCCC(=O)OCC(COP(=O)(O)OCC(O)COP(=O)(O)OCC(COC(=O)CCCCCC/C=C\C/C=C\C/C=C\C/C=C\CC)OC(=O)CCCCCCC/C=C\CCCC)OC(=O)CCCCCCCCCCCCC. The number of phosphoric acid groups is 2. The fourth-order valence-corrected chi connectivity index (χ4v) is 11.3. The van der Waals surface area contributed by atoms with Gasteiger partial charge in [-0.15, -0.1) is 0 Å². The van der Waals surface area contributed by atoms with Crippen LogP contribution in [0.2, 0.25) is 0 Å². The summed E-state index contributed by atoms with van der Waals surface area (Å²) in [5.74, 6) is -2.24. The standard InChI is InChI=1S/C79H134O17P2/c1-5-9-13-17-21-25-29-31-33-35-36-38-40-42-46-48-52-56-60-64-77(82)90-70-75(96-79(84)66-62-58-54-50-44-28-24-20-16-12-8-4)72-94-98(87,88)92-68-73(80)67-91-97(85,86)93-71-74(95-78(83)65-61-57-53-49-43-27-23-19-15-11-7-3)69-89-76(81)63-59-55-51-47-45-41-39-37-34-32-30-26-22-18-14-10-6-2/h9-10,13-14,19,21-23,25-26,31-34,36,38-39,41-42,46,73-75,80H,5-8,11-12,15-18,20,24,27-30,35,37,40,43-45,47-72H2,1-4H3,(H,85,86)(H,87,88)/b13-9-,14-10-,23-19-,25-21-,26-22-,33-31-,34-32-,38-36-,41-39-,46-42-. The van der Waals surface area contributed by atoms with E-state index in [0.717, 1.165) is 167 Å². The number of esters is 4. The van der Waals surface area contributed by atoms with E-state index in [1.165, 1.54) is 51.4 Å². The number of carbonyl (C=O) groups is 4. The molecule has 0 aliphatic carbocycles. The summed E-state index contributed by atoms with van der Waals surface area (Å²) in [5.41, 5.74) is 0. The van der Waals surface area contributed by atoms with E-state index in [1.54, 1.807) is 0 Å². The van der Waals surface area contributed by atoms with Crippen LogP contribution in [-0.2, 0) is 65.4 Å². The highest BCUT2D eigenvalue weighted by Gasteiger charge is 2.30. The van der Waals surface area contributed by atoms with Crippen LogP contribution in [0.3, 0.4) is 0 Å². The van der Waals surface area contributed by atoms with Gasteiger partial charge in [-0.1, -0.05) is 265 Å². The van der Waals surface area contributed by atoms with Gasteiger partial charge in [0.1, 0.15) is 19.3 Å². The fourth-order valence-electron chi connectivity index (χ4n) is 9.69. The monoisotopic (exact) mass is 1420 g/mol. The van der Waals surface area contributed by atoms with Crippen LogP contribution in [0.25, 0.3) is 0 Å². The molecule has 0 aliphatic rings. The van der Waals surface area contributed by atoms with Crippen LogP contribution < -0.4 is 0 Å². The van der Waals surface area contributed by atoms with Gasteiger partial charge in [0, 0.05) is 25.7 Å². The molecule has 0 rings (SSSR count). The Kier molecular flexibility index (Phi) is 67.6. The molecule has 0 heterocycles. The van der Waals surface area contributed by atoms with Crippen molar-refractivity contribution in [1.82, 2.24) is 0 Å². The average molecular weight is 1420 g/mol. The van der Waals surface area contributed by atoms with Gasteiger partial charge >= 0.3 is 39.5 Å². The second kappa shape index (κ2) is 70.9. The van der Waals surface area contributed by atoms with E-state index in [2.05, 4.69) is 149 Å². The summed E-state index contributed by atoms with van der Waals surface area (Å²) < 4.78 is 68.3. The molecule has 0 amide bonds. The van der Waals surface area contributed by atoms with Crippen molar-refractivity contribution in [1.29, 1.82) is 0 Å². The number of aliphatic hydroxyl groups is 1. The van der Waals surface area contributed by atoms with Gasteiger partial charge in [-0.3, -0.25) is 37.3 Å². The minimum atomic E-state index is -4.98. The van der Waals surface area contributed by atoms with Crippen LogP contribution >= 0.6 is 15.6 Å². The molecule has 562 valence electrons. The summed E-state index contributed by atoms with van der Waals surface area (Å²) in [4.78, 5) is 72.7. The molecule has 0 saturated heterocycles. The van der Waals surface area contributed by atoms with E-state index < -0.39 is 97.5 Å². The Morgan fingerprint density at radius 1 is 0.296 bits per heavy atom. The Morgan fingerprint density at radius 2 is 0.541 bits per heavy atom. The lowest BCUT2D eigenvalue weighted by Crippen LogP contribution is -2.30. The zero-order valence-electron chi connectivity index (χ0n) is 61.2. The molecule has 0 spiro atoms. The van der Waals surface area contributed by atoms with E-state index in [1.807, 2.05) is 0 Å². The molecule has 0 aromatic carbocycles. The summed E-state index contributed by atoms with van der Waals surface area (Å²) in [6.45, 7) is 4.52. The number of ether oxygens (including phenoxy) is 4. The van der Waals surface area contributed by atoms with Gasteiger partial charge < -0.3 is 33.8 Å². The molecule has 3 N–H and O–H groups in total. The minimum Gasteiger partial charge on any atom is -0.462 e. The van der Waals surface area contributed by atoms with Crippen molar-refractivity contribution in [2.45, 2.75) is 316 Å². The molecule has 0 aromatic heterocycles. The number of unbranched alkanes of at least 4 members (excludes halogenated alkanes) is 24. The van der Waals surface area contributed by atoms with E-state index >= 15 is 0 Å². The summed E-state index contributed by atoms with van der Waals surface area (Å²) in [6, 6.07) is 0. The second-order valence-electron chi connectivity index (χ2n) is 24.8. The van der Waals surface area contributed by atoms with Crippen molar-refractivity contribution in [3.8, 4) is 0 Å².